The molecule has 2 N–H and O–H groups in total. The Morgan fingerprint density at radius 3 is 2.58 bits per heavy atom. The van der Waals surface area contributed by atoms with Crippen molar-refractivity contribution in [1.29, 1.82) is 0 Å². The van der Waals surface area contributed by atoms with E-state index in [1.807, 2.05) is 0 Å². The molecule has 0 saturated heterocycles. The van der Waals surface area contributed by atoms with Crippen molar-refractivity contribution in [3.8, 4) is 0 Å². The lowest BCUT2D eigenvalue weighted by Crippen LogP contribution is -2.24. The molecule has 0 saturated carbocycles. The summed E-state index contributed by atoms with van der Waals surface area (Å²) in [6, 6.07) is 8.42. The lowest BCUT2D eigenvalue weighted by atomic mass is 10.0. The number of carbonyl (C=O) groups excluding carboxylic acids is 2. The number of benzene rings is 2. The van der Waals surface area contributed by atoms with Gasteiger partial charge in [-0.3, -0.25) is 9.59 Å². The summed E-state index contributed by atoms with van der Waals surface area (Å²) in [5.74, 6) is -1.25. The molecule has 33 heavy (non-hydrogen) atoms. The first-order valence-corrected chi connectivity index (χ1v) is 11.9. The minimum atomic E-state index is -4.57. The number of hydrogen-bond acceptors (Lipinski definition) is 6. The fourth-order valence-electron chi connectivity index (χ4n) is 3.43. The molecule has 2 heterocycles. The topological polar surface area (TPSA) is 105 Å². The number of halogens is 3. The van der Waals surface area contributed by atoms with Gasteiger partial charge in [0.25, 0.3) is 11.8 Å². The van der Waals surface area contributed by atoms with Crippen LogP contribution in [-0.2, 0) is 29.0 Å². The van der Waals surface area contributed by atoms with Gasteiger partial charge in [0, 0.05) is 16.6 Å². The number of amides is 2. The number of rotatable bonds is 4. The summed E-state index contributed by atoms with van der Waals surface area (Å²) in [5, 5.41) is 4.06. The van der Waals surface area contributed by atoms with Gasteiger partial charge in [0.1, 0.15) is 0 Å². The van der Waals surface area contributed by atoms with Crippen molar-refractivity contribution in [3.05, 3.63) is 69.2 Å². The molecular formula is C21H16F3N3O4S2. The van der Waals surface area contributed by atoms with Gasteiger partial charge in [-0.1, -0.05) is 19.1 Å². The molecule has 0 atom stereocenters. The van der Waals surface area contributed by atoms with Gasteiger partial charge >= 0.3 is 6.18 Å². The number of aromatic nitrogens is 1. The number of fused-ring (bicyclic) bond motifs is 2. The number of hydrogen-bond donors (Lipinski definition) is 2. The summed E-state index contributed by atoms with van der Waals surface area (Å²) in [7, 11) is -4.04. The maximum Gasteiger partial charge on any atom is 0.443 e. The molecule has 0 bridgehead atoms. The molecule has 12 heteroatoms. The van der Waals surface area contributed by atoms with Crippen LogP contribution in [0.3, 0.4) is 0 Å². The molecule has 172 valence electrons. The van der Waals surface area contributed by atoms with Crippen LogP contribution in [-0.4, -0.2) is 25.2 Å². The van der Waals surface area contributed by atoms with E-state index in [1.165, 1.54) is 30.3 Å². The third kappa shape index (κ3) is 4.23. The van der Waals surface area contributed by atoms with Gasteiger partial charge in [-0.2, -0.15) is 13.2 Å². The summed E-state index contributed by atoms with van der Waals surface area (Å²) in [6.07, 6.45) is -3.23. The van der Waals surface area contributed by atoms with E-state index in [0.29, 0.717) is 23.3 Å². The highest BCUT2D eigenvalue weighted by atomic mass is 32.2. The van der Waals surface area contributed by atoms with Crippen LogP contribution in [0.1, 0.15) is 43.1 Å². The summed E-state index contributed by atoms with van der Waals surface area (Å²) >= 11 is 0.418. The monoisotopic (exact) mass is 495 g/mol. The van der Waals surface area contributed by atoms with E-state index in [0.717, 1.165) is 6.20 Å². The van der Waals surface area contributed by atoms with Crippen molar-refractivity contribution in [3.63, 3.8) is 0 Å². The number of nitrogens with one attached hydrogen (secondary N) is 2. The molecule has 0 radical (unpaired) electrons. The van der Waals surface area contributed by atoms with Gasteiger partial charge in [0.05, 0.1) is 27.6 Å². The predicted molar refractivity (Wildman–Crippen MR) is 114 cm³/mol. The van der Waals surface area contributed by atoms with E-state index in [4.69, 9.17) is 0 Å². The van der Waals surface area contributed by atoms with Gasteiger partial charge in [-0.05, 0) is 36.2 Å². The zero-order valence-electron chi connectivity index (χ0n) is 17.0. The highest BCUT2D eigenvalue weighted by Crippen LogP contribution is 2.36. The number of sulfone groups is 1. The van der Waals surface area contributed by atoms with Gasteiger partial charge in [0.2, 0.25) is 9.84 Å². The van der Waals surface area contributed by atoms with Crippen molar-refractivity contribution < 1.29 is 31.2 Å². The molecule has 2 amide bonds. The fraction of sp³-hybridized carbons (Fsp3) is 0.190. The van der Waals surface area contributed by atoms with Crippen molar-refractivity contribution in [2.24, 2.45) is 0 Å². The summed E-state index contributed by atoms with van der Waals surface area (Å²) < 4.78 is 64.6. The van der Waals surface area contributed by atoms with Crippen LogP contribution in [0.15, 0.2) is 52.4 Å². The number of carbonyl (C=O) groups is 2. The molecule has 1 aromatic heterocycles. The lowest BCUT2D eigenvalue weighted by Gasteiger charge is -2.14. The predicted octanol–water partition coefficient (Wildman–Crippen LogP) is 4.05. The first-order valence-electron chi connectivity index (χ1n) is 9.65. The summed E-state index contributed by atoms with van der Waals surface area (Å²) in [5.41, 5.74) is 0.459. The second-order valence-corrected chi connectivity index (χ2v) is 10.1. The molecular weight excluding hydrogens is 479 g/mol. The Kier molecular flexibility index (Phi) is 5.74. The van der Waals surface area contributed by atoms with Crippen molar-refractivity contribution in [2.45, 2.75) is 35.9 Å². The van der Waals surface area contributed by atoms with Gasteiger partial charge < -0.3 is 10.6 Å². The Labute approximate surface area is 190 Å². The van der Waals surface area contributed by atoms with E-state index >= 15 is 0 Å². The highest BCUT2D eigenvalue weighted by Gasteiger charge is 2.35. The van der Waals surface area contributed by atoms with Crippen LogP contribution in [0.5, 0.6) is 0 Å². The van der Waals surface area contributed by atoms with Crippen LogP contribution in [0.25, 0.3) is 0 Å². The normalized spacial score (nSPS) is 14.6. The Hall–Kier alpha value is -3.25. The zero-order chi connectivity index (χ0) is 24.0. The van der Waals surface area contributed by atoms with E-state index in [2.05, 4.69) is 15.6 Å². The maximum atomic E-state index is 13.2. The molecule has 0 unspecified atom stereocenters. The summed E-state index contributed by atoms with van der Waals surface area (Å²) in [4.78, 5) is 28.7. The first-order chi connectivity index (χ1) is 15.5. The number of alkyl halides is 3. The average molecular weight is 496 g/mol. The average Bonchev–Trinajstić information content (AvgIpc) is 3.24. The van der Waals surface area contributed by atoms with Crippen LogP contribution >= 0.6 is 11.3 Å². The number of nitrogens with zero attached hydrogens (tertiary/aromatic N) is 1. The van der Waals surface area contributed by atoms with Gasteiger partial charge in [0.15, 0.2) is 5.01 Å². The van der Waals surface area contributed by atoms with Gasteiger partial charge in [-0.25, -0.2) is 13.4 Å². The van der Waals surface area contributed by atoms with Crippen molar-refractivity contribution >= 4 is 38.7 Å². The minimum absolute atomic E-state index is 0.0107. The standard InChI is InChI=1S/C21H16F3N3O4S2/c1-2-11-7-17-15(27-19(29)13-5-3-4-6-16(13)33(17,30)31)8-14(11)18(28)25-9-12-10-26-20(32-12)21(22,23)24/h3-8,10H,2,9H2,1H3,(H,25,28)(H,27,29). The Morgan fingerprint density at radius 2 is 1.91 bits per heavy atom. The molecule has 1 aliphatic heterocycles. The molecule has 4 rings (SSSR count). The van der Waals surface area contributed by atoms with Crippen LogP contribution in [0.4, 0.5) is 18.9 Å². The molecule has 0 aliphatic carbocycles. The van der Waals surface area contributed by atoms with Gasteiger partial charge in [-0.15, -0.1) is 11.3 Å². The van der Waals surface area contributed by atoms with E-state index < -0.39 is 32.8 Å². The quantitative estimate of drug-likeness (QED) is 0.568. The number of anilines is 1. The highest BCUT2D eigenvalue weighted by molar-refractivity contribution is 7.91. The van der Waals surface area contributed by atoms with E-state index in [1.54, 1.807) is 13.0 Å². The SMILES string of the molecule is CCc1cc2c(cc1C(=O)NCc1cnc(C(F)(F)F)s1)NC(=O)c1ccccc1S2(=O)=O. The second kappa shape index (κ2) is 8.27. The largest absolute Gasteiger partial charge is 0.443 e. The van der Waals surface area contributed by atoms with Crippen LogP contribution in [0.2, 0.25) is 0 Å². The smallest absolute Gasteiger partial charge is 0.347 e. The Morgan fingerprint density at radius 1 is 1.18 bits per heavy atom. The first kappa shape index (κ1) is 22.9. The zero-order valence-corrected chi connectivity index (χ0v) is 18.6. The third-order valence-electron chi connectivity index (χ3n) is 5.01. The molecule has 0 fully saturated rings. The number of aryl methyl sites for hydroxylation is 1. The third-order valence-corrected chi connectivity index (χ3v) is 7.90. The summed E-state index contributed by atoms with van der Waals surface area (Å²) in [6.45, 7) is 1.54. The molecule has 0 spiro atoms. The Bertz CT molecular complexity index is 1380. The van der Waals surface area contributed by atoms with E-state index in [9.17, 15) is 31.2 Å². The van der Waals surface area contributed by atoms with Crippen molar-refractivity contribution in [1.82, 2.24) is 10.3 Å². The molecule has 2 aromatic carbocycles. The van der Waals surface area contributed by atoms with Crippen LogP contribution in [0, 0.1) is 0 Å². The number of thiazole rings is 1. The fourth-order valence-corrected chi connectivity index (χ4v) is 5.79. The Balaban J connectivity index is 1.68. The molecule has 1 aliphatic rings. The maximum absolute atomic E-state index is 13.2. The lowest BCUT2D eigenvalue weighted by molar-refractivity contribution is -0.137. The van der Waals surface area contributed by atoms with Crippen molar-refractivity contribution in [2.75, 3.05) is 5.32 Å². The molecule has 7 nitrogen and oxygen atoms in total. The minimum Gasteiger partial charge on any atom is -0.347 e. The van der Waals surface area contributed by atoms with E-state index in [-0.39, 0.29) is 38.0 Å². The molecule has 3 aromatic rings. The second-order valence-electron chi connectivity index (χ2n) is 7.12. The van der Waals surface area contributed by atoms with Crippen LogP contribution < -0.4 is 10.6 Å².